The average molecular weight is 302 g/mol. The highest BCUT2D eigenvalue weighted by Gasteiger charge is 2.16. The Kier molecular flexibility index (Phi) is 4.57. The standard InChI is InChI=1S/C15H18N4O3/c1-19(2)13-7-10(9-5-3-4-6-11(9)18-13)15(22)17-8-12(20)14(16)21/h3-7,12,20H,8H2,1-2H3,(H2,16,21)(H,17,22). The summed E-state index contributed by atoms with van der Waals surface area (Å²) in [5, 5.41) is 12.6. The van der Waals surface area contributed by atoms with Gasteiger partial charge in [-0.2, -0.15) is 0 Å². The second-order valence-electron chi connectivity index (χ2n) is 5.07. The van der Waals surface area contributed by atoms with Crippen LogP contribution >= 0.6 is 0 Å². The highest BCUT2D eigenvalue weighted by Crippen LogP contribution is 2.22. The zero-order valence-corrected chi connectivity index (χ0v) is 12.4. The predicted octanol–water partition coefficient (Wildman–Crippen LogP) is -0.123. The lowest BCUT2D eigenvalue weighted by molar-refractivity contribution is -0.125. The first-order chi connectivity index (χ1) is 10.4. The number of para-hydroxylation sites is 1. The van der Waals surface area contributed by atoms with Crippen molar-refractivity contribution in [3.63, 3.8) is 0 Å². The number of aliphatic hydroxyl groups is 1. The highest BCUT2D eigenvalue weighted by atomic mass is 16.3. The number of fused-ring (bicyclic) bond motifs is 1. The molecule has 1 unspecified atom stereocenters. The van der Waals surface area contributed by atoms with Gasteiger partial charge in [0.2, 0.25) is 5.91 Å². The fourth-order valence-electron chi connectivity index (χ4n) is 1.96. The Bertz CT molecular complexity index is 715. The van der Waals surface area contributed by atoms with Crippen LogP contribution in [0.5, 0.6) is 0 Å². The van der Waals surface area contributed by atoms with Crippen LogP contribution in [0, 0.1) is 0 Å². The van der Waals surface area contributed by atoms with Crippen LogP contribution in [0.1, 0.15) is 10.4 Å². The molecule has 2 aromatic rings. The molecule has 1 aromatic carbocycles. The fourth-order valence-corrected chi connectivity index (χ4v) is 1.96. The summed E-state index contributed by atoms with van der Waals surface area (Å²) in [4.78, 5) is 29.4. The van der Waals surface area contributed by atoms with Crippen LogP contribution in [0.2, 0.25) is 0 Å². The van der Waals surface area contributed by atoms with Gasteiger partial charge in [-0.1, -0.05) is 18.2 Å². The Morgan fingerprint density at radius 2 is 2.05 bits per heavy atom. The molecule has 0 aliphatic rings. The zero-order chi connectivity index (χ0) is 16.3. The molecule has 0 aliphatic carbocycles. The monoisotopic (exact) mass is 302 g/mol. The molecule has 1 heterocycles. The fraction of sp³-hybridized carbons (Fsp3) is 0.267. The number of nitrogens with one attached hydrogen (secondary N) is 1. The number of hydrogen-bond donors (Lipinski definition) is 3. The van der Waals surface area contributed by atoms with Gasteiger partial charge in [-0.15, -0.1) is 0 Å². The summed E-state index contributed by atoms with van der Waals surface area (Å²) >= 11 is 0. The third-order valence-electron chi connectivity index (χ3n) is 3.19. The topological polar surface area (TPSA) is 109 Å². The third kappa shape index (κ3) is 3.32. The van der Waals surface area contributed by atoms with Gasteiger partial charge in [-0.05, 0) is 12.1 Å². The molecule has 2 amide bonds. The zero-order valence-electron chi connectivity index (χ0n) is 12.4. The summed E-state index contributed by atoms with van der Waals surface area (Å²) < 4.78 is 0. The molecule has 0 saturated carbocycles. The number of hydrogen-bond acceptors (Lipinski definition) is 5. The number of amides is 2. The van der Waals surface area contributed by atoms with Gasteiger partial charge < -0.3 is 21.1 Å². The Hall–Kier alpha value is -2.67. The van der Waals surface area contributed by atoms with Crippen molar-refractivity contribution < 1.29 is 14.7 Å². The smallest absolute Gasteiger partial charge is 0.252 e. The van der Waals surface area contributed by atoms with Crippen molar-refractivity contribution in [3.8, 4) is 0 Å². The van der Waals surface area contributed by atoms with E-state index in [2.05, 4.69) is 10.3 Å². The van der Waals surface area contributed by atoms with Crippen molar-refractivity contribution in [1.82, 2.24) is 10.3 Å². The van der Waals surface area contributed by atoms with Gasteiger partial charge in [0.15, 0.2) is 0 Å². The molecular weight excluding hydrogens is 284 g/mol. The molecule has 0 saturated heterocycles. The maximum Gasteiger partial charge on any atom is 0.252 e. The normalized spacial score (nSPS) is 12.0. The summed E-state index contributed by atoms with van der Waals surface area (Å²) in [5.74, 6) is -0.643. The first-order valence-corrected chi connectivity index (χ1v) is 6.73. The summed E-state index contributed by atoms with van der Waals surface area (Å²) in [6, 6.07) is 8.93. The molecule has 116 valence electrons. The molecule has 0 bridgehead atoms. The Labute approximate surface area is 127 Å². The lowest BCUT2D eigenvalue weighted by Crippen LogP contribution is -2.40. The van der Waals surface area contributed by atoms with Crippen LogP contribution in [-0.2, 0) is 4.79 Å². The van der Waals surface area contributed by atoms with E-state index in [9.17, 15) is 14.7 Å². The number of anilines is 1. The minimum absolute atomic E-state index is 0.234. The number of aromatic nitrogens is 1. The van der Waals surface area contributed by atoms with E-state index in [4.69, 9.17) is 5.73 Å². The SMILES string of the molecule is CN(C)c1cc(C(=O)NCC(O)C(N)=O)c2ccccc2n1. The van der Waals surface area contributed by atoms with Gasteiger partial charge >= 0.3 is 0 Å². The number of primary amides is 1. The minimum Gasteiger partial charge on any atom is -0.381 e. The predicted molar refractivity (Wildman–Crippen MR) is 83.6 cm³/mol. The van der Waals surface area contributed by atoms with E-state index in [-0.39, 0.29) is 6.54 Å². The van der Waals surface area contributed by atoms with Crippen LogP contribution in [0.4, 0.5) is 5.82 Å². The van der Waals surface area contributed by atoms with E-state index >= 15 is 0 Å². The number of rotatable bonds is 5. The highest BCUT2D eigenvalue weighted by molar-refractivity contribution is 6.07. The lowest BCUT2D eigenvalue weighted by atomic mass is 10.1. The first kappa shape index (κ1) is 15.7. The van der Waals surface area contributed by atoms with Gasteiger partial charge in [0.25, 0.3) is 5.91 Å². The average Bonchev–Trinajstić information content (AvgIpc) is 2.50. The molecule has 0 fully saturated rings. The largest absolute Gasteiger partial charge is 0.381 e. The Morgan fingerprint density at radius 1 is 1.36 bits per heavy atom. The molecule has 1 aromatic heterocycles. The Morgan fingerprint density at radius 3 is 2.68 bits per heavy atom. The van der Waals surface area contributed by atoms with Gasteiger partial charge in [-0.3, -0.25) is 9.59 Å². The summed E-state index contributed by atoms with van der Waals surface area (Å²) in [6.07, 6.45) is -1.41. The van der Waals surface area contributed by atoms with E-state index in [1.807, 2.05) is 32.3 Å². The van der Waals surface area contributed by atoms with Crippen molar-refractivity contribution >= 4 is 28.5 Å². The maximum atomic E-state index is 12.3. The van der Waals surface area contributed by atoms with Gasteiger partial charge in [0, 0.05) is 19.5 Å². The molecule has 1 atom stereocenters. The van der Waals surface area contributed by atoms with Crippen LogP contribution in [0.3, 0.4) is 0 Å². The number of nitrogens with zero attached hydrogens (tertiary/aromatic N) is 2. The van der Waals surface area contributed by atoms with Crippen molar-refractivity contribution in [2.24, 2.45) is 5.73 Å². The van der Waals surface area contributed by atoms with Crippen molar-refractivity contribution in [1.29, 1.82) is 0 Å². The van der Waals surface area contributed by atoms with E-state index in [1.54, 1.807) is 17.0 Å². The Balaban J connectivity index is 2.36. The van der Waals surface area contributed by atoms with Crippen molar-refractivity contribution in [2.45, 2.75) is 6.10 Å². The molecule has 22 heavy (non-hydrogen) atoms. The van der Waals surface area contributed by atoms with Crippen LogP contribution < -0.4 is 16.0 Å². The van der Waals surface area contributed by atoms with E-state index in [0.717, 1.165) is 0 Å². The summed E-state index contributed by atoms with van der Waals surface area (Å²) in [7, 11) is 3.66. The molecule has 4 N–H and O–H groups in total. The summed E-state index contributed by atoms with van der Waals surface area (Å²) in [6.45, 7) is -0.234. The molecule has 7 nitrogen and oxygen atoms in total. The second kappa shape index (κ2) is 6.40. The van der Waals surface area contributed by atoms with Gasteiger partial charge in [0.05, 0.1) is 17.6 Å². The second-order valence-corrected chi connectivity index (χ2v) is 5.07. The van der Waals surface area contributed by atoms with Crippen LogP contribution in [0.15, 0.2) is 30.3 Å². The number of carbonyl (C=O) groups excluding carboxylic acids is 2. The molecule has 0 spiro atoms. The minimum atomic E-state index is -1.41. The van der Waals surface area contributed by atoms with Crippen LogP contribution in [-0.4, -0.2) is 48.6 Å². The summed E-state index contributed by atoms with van der Waals surface area (Å²) in [5.41, 5.74) is 6.07. The third-order valence-corrected chi connectivity index (χ3v) is 3.19. The first-order valence-electron chi connectivity index (χ1n) is 6.73. The van der Waals surface area contributed by atoms with Crippen LogP contribution in [0.25, 0.3) is 10.9 Å². The molecular formula is C15H18N4O3. The molecule has 0 aliphatic heterocycles. The number of aliphatic hydroxyl groups excluding tert-OH is 1. The van der Waals surface area contributed by atoms with Crippen molar-refractivity contribution in [3.05, 3.63) is 35.9 Å². The molecule has 2 rings (SSSR count). The molecule has 7 heteroatoms. The number of benzene rings is 1. The van der Waals surface area contributed by atoms with Gasteiger partial charge in [-0.25, -0.2) is 4.98 Å². The van der Waals surface area contributed by atoms with E-state index in [1.165, 1.54) is 0 Å². The molecule has 0 radical (unpaired) electrons. The van der Waals surface area contributed by atoms with E-state index < -0.39 is 17.9 Å². The maximum absolute atomic E-state index is 12.3. The number of carbonyl (C=O) groups is 2. The van der Waals surface area contributed by atoms with E-state index in [0.29, 0.717) is 22.3 Å². The van der Waals surface area contributed by atoms with Crippen molar-refractivity contribution in [2.75, 3.05) is 25.5 Å². The lowest BCUT2D eigenvalue weighted by Gasteiger charge is -2.15. The number of pyridine rings is 1. The number of nitrogens with two attached hydrogens (primary N) is 1. The quantitative estimate of drug-likeness (QED) is 0.713. The van der Waals surface area contributed by atoms with Gasteiger partial charge in [0.1, 0.15) is 11.9 Å².